The van der Waals surface area contributed by atoms with Crippen LogP contribution in [0, 0.1) is 23.2 Å². The van der Waals surface area contributed by atoms with Gasteiger partial charge < -0.3 is 0 Å². The number of thioether (sulfide) groups is 1. The lowest BCUT2D eigenvalue weighted by Gasteiger charge is -2.40. The van der Waals surface area contributed by atoms with Crippen LogP contribution in [0.3, 0.4) is 0 Å². The van der Waals surface area contributed by atoms with Gasteiger partial charge in [0.1, 0.15) is 0 Å². The molecule has 0 spiro atoms. The van der Waals surface area contributed by atoms with Gasteiger partial charge in [-0.15, -0.1) is 0 Å². The molecule has 0 bridgehead atoms. The average Bonchev–Trinajstić information content (AvgIpc) is 2.24. The third kappa shape index (κ3) is 4.50. The SMILES string of the molecule is CCC(C)(C)C(C)CSC(C)(C(C)C)C(C)C. The zero-order valence-corrected chi connectivity index (χ0v) is 14.4. The van der Waals surface area contributed by atoms with Crippen LogP contribution in [0.2, 0.25) is 0 Å². The van der Waals surface area contributed by atoms with Crippen molar-refractivity contribution in [1.82, 2.24) is 0 Å². The maximum atomic E-state index is 2.44. The normalized spacial score (nSPS) is 15.7. The van der Waals surface area contributed by atoms with Crippen LogP contribution in [-0.2, 0) is 0 Å². The summed E-state index contributed by atoms with van der Waals surface area (Å²) in [5, 5.41) is 0. The van der Waals surface area contributed by atoms with Crippen LogP contribution in [-0.4, -0.2) is 10.5 Å². The molecule has 0 fully saturated rings. The molecule has 0 aliphatic heterocycles. The monoisotopic (exact) mass is 258 g/mol. The molecular weight excluding hydrogens is 224 g/mol. The molecule has 0 heterocycles. The van der Waals surface area contributed by atoms with Crippen molar-refractivity contribution in [1.29, 1.82) is 0 Å². The van der Waals surface area contributed by atoms with Crippen molar-refractivity contribution < 1.29 is 0 Å². The second kappa shape index (κ2) is 6.50. The third-order valence-electron chi connectivity index (χ3n) is 5.18. The summed E-state index contributed by atoms with van der Waals surface area (Å²) in [6.07, 6.45) is 1.27. The number of rotatable bonds is 7. The lowest BCUT2D eigenvalue weighted by molar-refractivity contribution is 0.243. The first-order valence-corrected chi connectivity index (χ1v) is 8.20. The van der Waals surface area contributed by atoms with Gasteiger partial charge in [-0.1, -0.05) is 61.8 Å². The zero-order chi connectivity index (χ0) is 13.9. The van der Waals surface area contributed by atoms with Crippen LogP contribution >= 0.6 is 11.8 Å². The van der Waals surface area contributed by atoms with Gasteiger partial charge in [0.15, 0.2) is 0 Å². The molecule has 0 rings (SSSR count). The lowest BCUT2D eigenvalue weighted by atomic mass is 9.79. The van der Waals surface area contributed by atoms with Gasteiger partial charge in [-0.3, -0.25) is 0 Å². The van der Waals surface area contributed by atoms with Gasteiger partial charge in [0.2, 0.25) is 0 Å². The summed E-state index contributed by atoms with van der Waals surface area (Å²) in [7, 11) is 0. The summed E-state index contributed by atoms with van der Waals surface area (Å²) in [4.78, 5) is 0. The van der Waals surface area contributed by atoms with E-state index in [0.29, 0.717) is 10.2 Å². The molecule has 0 saturated carbocycles. The van der Waals surface area contributed by atoms with E-state index in [0.717, 1.165) is 17.8 Å². The topological polar surface area (TPSA) is 0 Å². The number of hydrogen-bond acceptors (Lipinski definition) is 1. The third-order valence-corrected chi connectivity index (χ3v) is 7.41. The Morgan fingerprint density at radius 1 is 0.882 bits per heavy atom. The minimum absolute atomic E-state index is 0.415. The number of hydrogen-bond donors (Lipinski definition) is 0. The van der Waals surface area contributed by atoms with Crippen molar-refractivity contribution in [3.8, 4) is 0 Å². The van der Waals surface area contributed by atoms with Gasteiger partial charge in [-0.2, -0.15) is 11.8 Å². The second-order valence-electron chi connectivity index (χ2n) is 7.05. The van der Waals surface area contributed by atoms with Crippen LogP contribution < -0.4 is 0 Å². The molecule has 0 aliphatic carbocycles. The standard InChI is InChI=1S/C16H34S/c1-10-15(7,8)14(6)11-17-16(9,12(2)3)13(4)5/h12-14H,10-11H2,1-9H3. The fourth-order valence-electron chi connectivity index (χ4n) is 1.88. The Morgan fingerprint density at radius 3 is 1.59 bits per heavy atom. The van der Waals surface area contributed by atoms with E-state index in [4.69, 9.17) is 0 Å². The summed E-state index contributed by atoms with van der Waals surface area (Å²) in [5.41, 5.74) is 0.474. The van der Waals surface area contributed by atoms with Crippen LogP contribution in [0.5, 0.6) is 0 Å². The van der Waals surface area contributed by atoms with Crippen molar-refractivity contribution in [2.24, 2.45) is 23.2 Å². The van der Waals surface area contributed by atoms with Gasteiger partial charge in [0, 0.05) is 4.75 Å². The first kappa shape index (κ1) is 17.4. The summed E-state index contributed by atoms with van der Waals surface area (Å²) in [6, 6.07) is 0. The van der Waals surface area contributed by atoms with E-state index in [9.17, 15) is 0 Å². The molecular formula is C16H34S. The van der Waals surface area contributed by atoms with E-state index in [1.54, 1.807) is 0 Å². The molecule has 0 nitrogen and oxygen atoms in total. The highest BCUT2D eigenvalue weighted by Crippen LogP contribution is 2.43. The van der Waals surface area contributed by atoms with Crippen molar-refractivity contribution >= 4 is 11.8 Å². The highest BCUT2D eigenvalue weighted by Gasteiger charge is 2.34. The largest absolute Gasteiger partial charge is 0.155 e. The molecule has 1 heteroatoms. The Hall–Kier alpha value is 0.350. The molecule has 0 aromatic rings. The molecule has 0 aliphatic rings. The first-order valence-electron chi connectivity index (χ1n) is 7.21. The van der Waals surface area contributed by atoms with Gasteiger partial charge >= 0.3 is 0 Å². The molecule has 104 valence electrons. The molecule has 0 N–H and O–H groups in total. The molecule has 0 radical (unpaired) electrons. The van der Waals surface area contributed by atoms with Gasteiger partial charge in [0.05, 0.1) is 0 Å². The predicted octanol–water partition coefficient (Wildman–Crippen LogP) is 5.86. The van der Waals surface area contributed by atoms with E-state index < -0.39 is 0 Å². The van der Waals surface area contributed by atoms with Gasteiger partial charge in [0.25, 0.3) is 0 Å². The molecule has 0 amide bonds. The summed E-state index contributed by atoms with van der Waals surface area (Å²) >= 11 is 2.19. The fraction of sp³-hybridized carbons (Fsp3) is 1.00. The Labute approximate surface area is 114 Å². The Balaban J connectivity index is 4.53. The summed E-state index contributed by atoms with van der Waals surface area (Å²) < 4.78 is 0.415. The molecule has 0 aromatic heterocycles. The van der Waals surface area contributed by atoms with E-state index in [1.165, 1.54) is 12.2 Å². The molecule has 17 heavy (non-hydrogen) atoms. The Kier molecular flexibility index (Phi) is 6.63. The fourth-order valence-corrected chi connectivity index (χ4v) is 3.61. The van der Waals surface area contributed by atoms with Crippen molar-refractivity contribution in [2.45, 2.75) is 73.5 Å². The van der Waals surface area contributed by atoms with Crippen molar-refractivity contribution in [3.63, 3.8) is 0 Å². The quantitative estimate of drug-likeness (QED) is 0.551. The second-order valence-corrected chi connectivity index (χ2v) is 8.55. The summed E-state index contributed by atoms with van der Waals surface area (Å²) in [6.45, 7) is 21.4. The Bertz CT molecular complexity index is 208. The average molecular weight is 259 g/mol. The Morgan fingerprint density at radius 2 is 1.29 bits per heavy atom. The first-order chi connectivity index (χ1) is 7.58. The van der Waals surface area contributed by atoms with E-state index in [-0.39, 0.29) is 0 Å². The van der Waals surface area contributed by atoms with E-state index >= 15 is 0 Å². The smallest absolute Gasteiger partial charge is 0.0177 e. The summed E-state index contributed by atoms with van der Waals surface area (Å²) in [5.74, 6) is 3.55. The zero-order valence-electron chi connectivity index (χ0n) is 13.6. The molecule has 0 saturated heterocycles. The van der Waals surface area contributed by atoms with Crippen LogP contribution in [0.4, 0.5) is 0 Å². The minimum Gasteiger partial charge on any atom is -0.155 e. The minimum atomic E-state index is 0.415. The lowest BCUT2D eigenvalue weighted by Crippen LogP contribution is -2.35. The maximum Gasteiger partial charge on any atom is 0.0177 e. The van der Waals surface area contributed by atoms with Crippen LogP contribution in [0.25, 0.3) is 0 Å². The van der Waals surface area contributed by atoms with Gasteiger partial charge in [-0.25, -0.2) is 0 Å². The molecule has 0 aromatic carbocycles. The van der Waals surface area contributed by atoms with Crippen molar-refractivity contribution in [3.05, 3.63) is 0 Å². The highest BCUT2D eigenvalue weighted by atomic mass is 32.2. The van der Waals surface area contributed by atoms with Crippen molar-refractivity contribution in [2.75, 3.05) is 5.75 Å². The van der Waals surface area contributed by atoms with E-state index in [2.05, 4.69) is 74.1 Å². The predicted molar refractivity (Wildman–Crippen MR) is 83.8 cm³/mol. The van der Waals surface area contributed by atoms with Crippen LogP contribution in [0.1, 0.15) is 68.7 Å². The van der Waals surface area contributed by atoms with Gasteiger partial charge in [-0.05, 0) is 35.8 Å². The van der Waals surface area contributed by atoms with E-state index in [1.807, 2.05) is 0 Å². The molecule has 1 unspecified atom stereocenters. The van der Waals surface area contributed by atoms with Crippen LogP contribution in [0.15, 0.2) is 0 Å². The molecule has 1 atom stereocenters. The maximum absolute atomic E-state index is 2.44. The highest BCUT2D eigenvalue weighted by molar-refractivity contribution is 8.00.